The van der Waals surface area contributed by atoms with E-state index in [4.69, 9.17) is 0 Å². The predicted octanol–water partition coefficient (Wildman–Crippen LogP) is 4.22. The minimum absolute atomic E-state index is 0.857. The Bertz CT molecular complexity index is 699. The smallest absolute Gasteiger partial charge is 0.165 e. The van der Waals surface area contributed by atoms with Crippen molar-refractivity contribution in [3.8, 4) is 22.8 Å². The Morgan fingerprint density at radius 1 is 0.850 bits per heavy atom. The van der Waals surface area contributed by atoms with Gasteiger partial charge in [0.15, 0.2) is 11.6 Å². The van der Waals surface area contributed by atoms with E-state index >= 15 is 0 Å². The summed E-state index contributed by atoms with van der Waals surface area (Å²) in [5, 5.41) is 8.70. The predicted molar refractivity (Wildman–Crippen MR) is 84.3 cm³/mol. The van der Waals surface area contributed by atoms with E-state index in [0.29, 0.717) is 0 Å². The lowest BCUT2D eigenvalue weighted by atomic mass is 10.1. The number of nitrogens with zero attached hydrogens (tertiary/aromatic N) is 3. The number of halogens is 1. The van der Waals surface area contributed by atoms with Crippen LogP contribution in [-0.2, 0) is 7.05 Å². The number of hydrogen-bond acceptors (Lipinski definition) is 2. The fraction of sp³-hybridized carbons (Fsp3) is 0.125. The fourth-order valence-electron chi connectivity index (χ4n) is 2.26. The van der Waals surface area contributed by atoms with Crippen molar-refractivity contribution in [3.05, 3.63) is 58.6 Å². The molecule has 0 fully saturated rings. The summed E-state index contributed by atoms with van der Waals surface area (Å²) in [6.45, 7) is 2.09. The van der Waals surface area contributed by atoms with Gasteiger partial charge in [-0.2, -0.15) is 0 Å². The van der Waals surface area contributed by atoms with Crippen LogP contribution in [0.15, 0.2) is 53.0 Å². The Morgan fingerprint density at radius 2 is 1.40 bits per heavy atom. The second-order valence-corrected chi connectivity index (χ2v) is 5.56. The van der Waals surface area contributed by atoms with Gasteiger partial charge in [0, 0.05) is 22.6 Å². The second-order valence-electron chi connectivity index (χ2n) is 4.70. The second kappa shape index (κ2) is 5.21. The molecule has 3 nitrogen and oxygen atoms in total. The summed E-state index contributed by atoms with van der Waals surface area (Å²) in [4.78, 5) is 0. The van der Waals surface area contributed by atoms with Gasteiger partial charge in [-0.05, 0) is 18.6 Å². The van der Waals surface area contributed by atoms with Gasteiger partial charge >= 0.3 is 0 Å². The van der Waals surface area contributed by atoms with Gasteiger partial charge < -0.3 is 4.57 Å². The van der Waals surface area contributed by atoms with Crippen molar-refractivity contribution in [2.75, 3.05) is 0 Å². The van der Waals surface area contributed by atoms with Gasteiger partial charge in [0.2, 0.25) is 0 Å². The van der Waals surface area contributed by atoms with E-state index in [2.05, 4.69) is 45.2 Å². The molecular weight excluding hydrogens is 314 g/mol. The Morgan fingerprint density at radius 3 is 2.05 bits per heavy atom. The highest BCUT2D eigenvalue weighted by Crippen LogP contribution is 2.29. The average Bonchev–Trinajstić information content (AvgIpc) is 2.82. The van der Waals surface area contributed by atoms with Crippen LogP contribution in [0.5, 0.6) is 0 Å². The molecule has 3 rings (SSSR count). The number of rotatable bonds is 2. The van der Waals surface area contributed by atoms with Crippen molar-refractivity contribution >= 4 is 15.9 Å². The van der Waals surface area contributed by atoms with Crippen LogP contribution in [0.4, 0.5) is 0 Å². The van der Waals surface area contributed by atoms with Crippen LogP contribution in [-0.4, -0.2) is 14.8 Å². The van der Waals surface area contributed by atoms with Gasteiger partial charge in [-0.25, -0.2) is 0 Å². The van der Waals surface area contributed by atoms with Crippen LogP contribution in [0.3, 0.4) is 0 Å². The molecule has 0 saturated carbocycles. The maximum absolute atomic E-state index is 4.36. The molecular formula is C16H14BrN3. The van der Waals surface area contributed by atoms with Crippen LogP contribution in [0, 0.1) is 6.92 Å². The summed E-state index contributed by atoms with van der Waals surface area (Å²) in [6, 6.07) is 16.3. The SMILES string of the molecule is Cc1ccccc1-c1nnc(-c2ccccc2Br)n1C. The first-order valence-electron chi connectivity index (χ1n) is 6.39. The molecule has 0 spiro atoms. The summed E-state index contributed by atoms with van der Waals surface area (Å²) < 4.78 is 3.05. The molecule has 0 saturated heterocycles. The number of aromatic nitrogens is 3. The minimum atomic E-state index is 0.857. The maximum Gasteiger partial charge on any atom is 0.165 e. The zero-order chi connectivity index (χ0) is 14.1. The van der Waals surface area contributed by atoms with Crippen molar-refractivity contribution in [2.24, 2.45) is 7.05 Å². The normalized spacial score (nSPS) is 10.8. The van der Waals surface area contributed by atoms with Crippen LogP contribution in [0.2, 0.25) is 0 Å². The van der Waals surface area contributed by atoms with Crippen LogP contribution >= 0.6 is 15.9 Å². The highest BCUT2D eigenvalue weighted by atomic mass is 79.9. The quantitative estimate of drug-likeness (QED) is 0.705. The highest BCUT2D eigenvalue weighted by molar-refractivity contribution is 9.10. The first-order chi connectivity index (χ1) is 9.68. The standard InChI is InChI=1S/C16H14BrN3/c1-11-7-3-4-8-12(11)15-18-19-16(20(15)2)13-9-5-6-10-14(13)17/h3-10H,1-2H3. The van der Waals surface area contributed by atoms with E-state index < -0.39 is 0 Å². The molecule has 1 heterocycles. The van der Waals surface area contributed by atoms with Gasteiger partial charge in [-0.15, -0.1) is 10.2 Å². The topological polar surface area (TPSA) is 30.7 Å². The molecule has 0 aliphatic carbocycles. The molecule has 20 heavy (non-hydrogen) atoms. The van der Waals surface area contributed by atoms with Gasteiger partial charge in [0.25, 0.3) is 0 Å². The first-order valence-corrected chi connectivity index (χ1v) is 7.18. The van der Waals surface area contributed by atoms with Crippen LogP contribution < -0.4 is 0 Å². The highest BCUT2D eigenvalue weighted by Gasteiger charge is 2.15. The van der Waals surface area contributed by atoms with E-state index in [1.165, 1.54) is 5.56 Å². The minimum Gasteiger partial charge on any atom is -0.310 e. The third kappa shape index (κ3) is 2.16. The Kier molecular flexibility index (Phi) is 3.40. The maximum atomic E-state index is 4.36. The molecule has 4 heteroatoms. The molecule has 3 aromatic rings. The zero-order valence-electron chi connectivity index (χ0n) is 11.3. The monoisotopic (exact) mass is 327 g/mol. The molecule has 0 unspecified atom stereocenters. The lowest BCUT2D eigenvalue weighted by Gasteiger charge is -2.07. The number of aryl methyl sites for hydroxylation is 1. The molecule has 0 atom stereocenters. The summed E-state index contributed by atoms with van der Waals surface area (Å²) in [5.41, 5.74) is 3.35. The Hall–Kier alpha value is -1.94. The fourth-order valence-corrected chi connectivity index (χ4v) is 2.73. The lowest BCUT2D eigenvalue weighted by molar-refractivity contribution is 0.928. The summed E-state index contributed by atoms with van der Waals surface area (Å²) in [6.07, 6.45) is 0. The number of benzene rings is 2. The average molecular weight is 328 g/mol. The van der Waals surface area contributed by atoms with Crippen molar-refractivity contribution in [2.45, 2.75) is 6.92 Å². The van der Waals surface area contributed by atoms with Crippen LogP contribution in [0.1, 0.15) is 5.56 Å². The first kappa shape index (κ1) is 13.1. The summed E-state index contributed by atoms with van der Waals surface area (Å²) in [7, 11) is 2.00. The van der Waals surface area contributed by atoms with Crippen LogP contribution in [0.25, 0.3) is 22.8 Å². The molecule has 0 radical (unpaired) electrons. The van der Waals surface area contributed by atoms with Gasteiger partial charge in [-0.3, -0.25) is 0 Å². The van der Waals surface area contributed by atoms with Gasteiger partial charge in [0.1, 0.15) is 0 Å². The number of hydrogen-bond donors (Lipinski definition) is 0. The largest absolute Gasteiger partial charge is 0.310 e. The van der Waals surface area contributed by atoms with Crippen molar-refractivity contribution in [3.63, 3.8) is 0 Å². The summed E-state index contributed by atoms with van der Waals surface area (Å²) in [5.74, 6) is 1.74. The van der Waals surface area contributed by atoms with E-state index in [1.807, 2.05) is 48.0 Å². The van der Waals surface area contributed by atoms with E-state index in [1.54, 1.807) is 0 Å². The molecule has 0 N–H and O–H groups in total. The zero-order valence-corrected chi connectivity index (χ0v) is 12.9. The van der Waals surface area contributed by atoms with Gasteiger partial charge in [0.05, 0.1) is 0 Å². The molecule has 0 amide bonds. The van der Waals surface area contributed by atoms with Crippen molar-refractivity contribution in [1.82, 2.24) is 14.8 Å². The third-order valence-corrected chi connectivity index (χ3v) is 4.07. The molecule has 2 aromatic carbocycles. The van der Waals surface area contributed by atoms with E-state index in [9.17, 15) is 0 Å². The molecule has 0 aliphatic rings. The Balaban J connectivity index is 2.15. The van der Waals surface area contributed by atoms with E-state index in [0.717, 1.165) is 27.2 Å². The van der Waals surface area contributed by atoms with E-state index in [-0.39, 0.29) is 0 Å². The Labute approximate surface area is 126 Å². The van der Waals surface area contributed by atoms with Gasteiger partial charge in [-0.1, -0.05) is 58.4 Å². The molecule has 1 aromatic heterocycles. The lowest BCUT2D eigenvalue weighted by Crippen LogP contribution is -1.97. The molecule has 100 valence electrons. The molecule has 0 aliphatic heterocycles. The van der Waals surface area contributed by atoms with Crippen molar-refractivity contribution < 1.29 is 0 Å². The van der Waals surface area contributed by atoms with Crippen molar-refractivity contribution in [1.29, 1.82) is 0 Å². The third-order valence-electron chi connectivity index (χ3n) is 3.38. The molecule has 0 bridgehead atoms. The summed E-state index contributed by atoms with van der Waals surface area (Å²) >= 11 is 3.57.